The summed E-state index contributed by atoms with van der Waals surface area (Å²) >= 11 is 0. The average molecular weight is 262 g/mol. The van der Waals surface area contributed by atoms with Crippen molar-refractivity contribution in [3.8, 4) is 0 Å². The third-order valence-electron chi connectivity index (χ3n) is 2.34. The molecular weight excluding hydrogens is 250 g/mol. The van der Waals surface area contributed by atoms with Gasteiger partial charge in [0.25, 0.3) is 0 Å². The van der Waals surface area contributed by atoms with Crippen LogP contribution in [0.1, 0.15) is 11.7 Å². The van der Waals surface area contributed by atoms with Crippen molar-refractivity contribution in [3.05, 3.63) is 39.4 Å². The lowest BCUT2D eigenvalue weighted by molar-refractivity contribution is -0.390. The molecule has 0 radical (unpaired) electrons. The molecule has 3 N–H and O–H groups in total. The van der Waals surface area contributed by atoms with Gasteiger partial charge in [-0.3, -0.25) is 10.1 Å². The van der Waals surface area contributed by atoms with Gasteiger partial charge in [0, 0.05) is 6.54 Å². The van der Waals surface area contributed by atoms with Gasteiger partial charge in [-0.2, -0.15) is 8.78 Å². The first-order valence-corrected chi connectivity index (χ1v) is 5.02. The lowest BCUT2D eigenvalue weighted by Gasteiger charge is -2.17. The van der Waals surface area contributed by atoms with Gasteiger partial charge >= 0.3 is 5.69 Å². The van der Waals surface area contributed by atoms with Crippen LogP contribution >= 0.6 is 0 Å². The molecule has 0 saturated carbocycles. The van der Waals surface area contributed by atoms with Crippen LogP contribution in [-0.4, -0.2) is 34.8 Å². The van der Waals surface area contributed by atoms with Crippen LogP contribution in [0.3, 0.4) is 0 Å². The molecule has 0 amide bonds. The zero-order valence-electron chi connectivity index (χ0n) is 9.43. The van der Waals surface area contributed by atoms with Crippen molar-refractivity contribution in [1.29, 1.82) is 0 Å². The van der Waals surface area contributed by atoms with Gasteiger partial charge < -0.3 is 15.5 Å². The molecule has 2 unspecified atom stereocenters. The number of nitro benzene ring substituents is 1. The fraction of sp³-hybridized carbons (Fsp3) is 0.400. The normalized spacial score (nSPS) is 14.3. The van der Waals surface area contributed by atoms with Crippen molar-refractivity contribution in [2.45, 2.75) is 12.2 Å². The second-order valence-corrected chi connectivity index (χ2v) is 3.66. The van der Waals surface area contributed by atoms with E-state index in [1.165, 1.54) is 7.05 Å². The highest BCUT2D eigenvalue weighted by atomic mass is 19.1. The number of hydrogen-bond donors (Lipinski definition) is 3. The van der Waals surface area contributed by atoms with Gasteiger partial charge in [0.2, 0.25) is 11.6 Å². The molecule has 0 aliphatic carbocycles. The third-order valence-corrected chi connectivity index (χ3v) is 2.34. The molecule has 1 rings (SSSR count). The summed E-state index contributed by atoms with van der Waals surface area (Å²) in [5.41, 5.74) is -1.55. The van der Waals surface area contributed by atoms with Gasteiger partial charge in [0.15, 0.2) is 0 Å². The number of likely N-dealkylation sites (N-methyl/N-ethyl adjacent to an activating group) is 1. The quantitative estimate of drug-likeness (QED) is 0.530. The monoisotopic (exact) mass is 262 g/mol. The minimum absolute atomic E-state index is 0.00138. The van der Waals surface area contributed by atoms with Crippen LogP contribution in [0.25, 0.3) is 0 Å². The Labute approximate surface area is 101 Å². The minimum Gasteiger partial charge on any atom is -0.389 e. The predicted molar refractivity (Wildman–Crippen MR) is 57.9 cm³/mol. The molecule has 1 aromatic carbocycles. The number of nitrogens with zero attached hydrogens (tertiary/aromatic N) is 1. The van der Waals surface area contributed by atoms with Gasteiger partial charge in [-0.1, -0.05) is 0 Å². The molecule has 0 spiro atoms. The second kappa shape index (κ2) is 5.80. The Kier molecular flexibility index (Phi) is 4.65. The van der Waals surface area contributed by atoms with Crippen molar-refractivity contribution in [2.75, 3.05) is 13.6 Å². The Hall–Kier alpha value is -1.64. The van der Waals surface area contributed by atoms with Crippen molar-refractivity contribution in [1.82, 2.24) is 5.32 Å². The lowest BCUT2D eigenvalue weighted by Crippen LogP contribution is -2.29. The number of hydrogen-bond acceptors (Lipinski definition) is 5. The van der Waals surface area contributed by atoms with E-state index in [9.17, 15) is 29.1 Å². The largest absolute Gasteiger partial charge is 0.389 e. The number of halogens is 2. The van der Waals surface area contributed by atoms with Crippen LogP contribution in [0.5, 0.6) is 0 Å². The number of benzene rings is 1. The first kappa shape index (κ1) is 14.4. The highest BCUT2D eigenvalue weighted by molar-refractivity contribution is 5.38. The molecule has 0 aromatic heterocycles. The molecule has 8 heteroatoms. The topological polar surface area (TPSA) is 95.6 Å². The molecule has 100 valence electrons. The second-order valence-electron chi connectivity index (χ2n) is 3.66. The van der Waals surface area contributed by atoms with Crippen LogP contribution in [0, 0.1) is 21.7 Å². The van der Waals surface area contributed by atoms with E-state index in [0.29, 0.717) is 12.1 Å². The molecule has 0 aliphatic heterocycles. The van der Waals surface area contributed by atoms with E-state index in [0.717, 1.165) is 0 Å². The van der Waals surface area contributed by atoms with Crippen molar-refractivity contribution < 1.29 is 23.9 Å². The van der Waals surface area contributed by atoms with Crippen LogP contribution < -0.4 is 5.32 Å². The van der Waals surface area contributed by atoms with E-state index in [1.807, 2.05) is 0 Å². The highest BCUT2D eigenvalue weighted by Gasteiger charge is 2.26. The van der Waals surface area contributed by atoms with E-state index in [2.05, 4.69) is 5.32 Å². The summed E-state index contributed by atoms with van der Waals surface area (Å²) < 4.78 is 26.6. The number of aliphatic hydroxyl groups excluding tert-OH is 2. The standard InChI is InChI=1S/C10H12F2N2O4/c1-13-4-8(15)10(16)5-2-6(11)9(14(17)18)7(12)3-5/h2-3,8,10,13,15-16H,4H2,1H3. The summed E-state index contributed by atoms with van der Waals surface area (Å²) in [7, 11) is 1.52. The molecule has 1 aromatic rings. The van der Waals surface area contributed by atoms with E-state index >= 15 is 0 Å². The third kappa shape index (κ3) is 2.97. The molecule has 0 aliphatic rings. The zero-order chi connectivity index (χ0) is 13.9. The Morgan fingerprint density at radius 1 is 1.39 bits per heavy atom. The summed E-state index contributed by atoms with van der Waals surface area (Å²) in [6.45, 7) is 0.00138. The summed E-state index contributed by atoms with van der Waals surface area (Å²) in [6.07, 6.45) is -2.82. The van der Waals surface area contributed by atoms with E-state index in [4.69, 9.17) is 0 Å². The van der Waals surface area contributed by atoms with Gasteiger partial charge in [-0.05, 0) is 24.7 Å². The smallest absolute Gasteiger partial charge is 0.340 e. The van der Waals surface area contributed by atoms with E-state index in [-0.39, 0.29) is 12.1 Å². The molecule has 6 nitrogen and oxygen atoms in total. The SMILES string of the molecule is CNCC(O)C(O)c1cc(F)c([N+](=O)[O-])c(F)c1. The van der Waals surface area contributed by atoms with E-state index < -0.39 is 34.5 Å². The van der Waals surface area contributed by atoms with Crippen molar-refractivity contribution in [2.24, 2.45) is 0 Å². The summed E-state index contributed by atoms with van der Waals surface area (Å²) in [5, 5.41) is 32.0. The Bertz CT molecular complexity index is 432. The van der Waals surface area contributed by atoms with Crippen LogP contribution in [0.2, 0.25) is 0 Å². The Morgan fingerprint density at radius 2 is 1.89 bits per heavy atom. The highest BCUT2D eigenvalue weighted by Crippen LogP contribution is 2.27. The minimum atomic E-state index is -1.54. The Morgan fingerprint density at radius 3 is 2.28 bits per heavy atom. The summed E-state index contributed by atoms with van der Waals surface area (Å²) in [4.78, 5) is 9.17. The van der Waals surface area contributed by atoms with Crippen LogP contribution in [0.15, 0.2) is 12.1 Å². The fourth-order valence-electron chi connectivity index (χ4n) is 1.47. The fourth-order valence-corrected chi connectivity index (χ4v) is 1.47. The number of nitro groups is 1. The first-order chi connectivity index (χ1) is 8.38. The van der Waals surface area contributed by atoms with Gasteiger partial charge in [0.1, 0.15) is 6.10 Å². The molecule has 18 heavy (non-hydrogen) atoms. The molecular formula is C10H12F2N2O4. The predicted octanol–water partition coefficient (Wildman–Crippen LogP) is 0.487. The summed E-state index contributed by atoms with van der Waals surface area (Å²) in [6, 6.07) is 1.26. The van der Waals surface area contributed by atoms with Gasteiger partial charge in [0.05, 0.1) is 11.0 Å². The van der Waals surface area contributed by atoms with Crippen molar-refractivity contribution in [3.63, 3.8) is 0 Å². The van der Waals surface area contributed by atoms with E-state index in [1.54, 1.807) is 0 Å². The van der Waals surface area contributed by atoms with Crippen molar-refractivity contribution >= 4 is 5.69 Å². The van der Waals surface area contributed by atoms with Gasteiger partial charge in [-0.25, -0.2) is 0 Å². The van der Waals surface area contributed by atoms with Gasteiger partial charge in [-0.15, -0.1) is 0 Å². The zero-order valence-corrected chi connectivity index (χ0v) is 9.43. The molecule has 0 saturated heterocycles. The Balaban J connectivity index is 3.10. The summed E-state index contributed by atoms with van der Waals surface area (Å²) in [5.74, 6) is -2.79. The molecule has 0 bridgehead atoms. The lowest BCUT2D eigenvalue weighted by atomic mass is 10.0. The molecule has 0 heterocycles. The first-order valence-electron chi connectivity index (χ1n) is 5.02. The molecule has 0 fully saturated rings. The van der Waals surface area contributed by atoms with Crippen LogP contribution in [-0.2, 0) is 0 Å². The maximum absolute atomic E-state index is 13.3. The number of aliphatic hydroxyl groups is 2. The maximum Gasteiger partial charge on any atom is 0.340 e. The molecule has 2 atom stereocenters. The average Bonchev–Trinajstić information content (AvgIpc) is 2.26. The van der Waals surface area contributed by atoms with Crippen LogP contribution in [0.4, 0.5) is 14.5 Å². The number of nitrogens with one attached hydrogen (secondary N) is 1. The maximum atomic E-state index is 13.3. The number of rotatable bonds is 5.